The molecule has 2 fully saturated rings. The van der Waals surface area contributed by atoms with Gasteiger partial charge in [0, 0.05) is 11.6 Å². The normalized spacial score (nSPS) is 28.3. The summed E-state index contributed by atoms with van der Waals surface area (Å²) < 4.78 is 0. The van der Waals surface area contributed by atoms with Gasteiger partial charge in [-0.25, -0.2) is 0 Å². The summed E-state index contributed by atoms with van der Waals surface area (Å²) in [4.78, 5) is 39.6. The van der Waals surface area contributed by atoms with Crippen molar-refractivity contribution in [2.24, 2.45) is 11.8 Å². The highest BCUT2D eigenvalue weighted by Gasteiger charge is 2.55. The highest BCUT2D eigenvalue weighted by atomic mass is 16.2. The number of rotatable bonds is 2. The lowest BCUT2D eigenvalue weighted by molar-refractivity contribution is -0.143. The number of ketones is 1. The molecule has 2 aliphatic carbocycles. The molecule has 3 aliphatic rings. The summed E-state index contributed by atoms with van der Waals surface area (Å²) in [5.74, 6) is -2.06. The van der Waals surface area contributed by atoms with E-state index >= 15 is 0 Å². The minimum atomic E-state index is -0.820. The van der Waals surface area contributed by atoms with Crippen LogP contribution in [0, 0.1) is 11.8 Å². The van der Waals surface area contributed by atoms with Gasteiger partial charge < -0.3 is 0 Å². The first-order valence-corrected chi connectivity index (χ1v) is 8.37. The van der Waals surface area contributed by atoms with Gasteiger partial charge in [-0.2, -0.15) is 0 Å². The standard InChI is InChI=1S/C19H19NO3/c21-17-14(12-7-3-1-4-8-12)11-15-16(17)19(23)20(18(15)22)13-9-5-2-6-10-13/h1,3-4,7-8,11,13,15-16H,2,5-6,9-10H2/t15-,16-/m1/s1. The lowest BCUT2D eigenvalue weighted by Crippen LogP contribution is -2.42. The van der Waals surface area contributed by atoms with E-state index in [1.807, 2.05) is 30.3 Å². The van der Waals surface area contributed by atoms with Crippen LogP contribution in [-0.4, -0.2) is 28.5 Å². The Morgan fingerprint density at radius 2 is 1.57 bits per heavy atom. The maximum absolute atomic E-state index is 12.7. The maximum Gasteiger partial charge on any atom is 0.241 e. The van der Waals surface area contributed by atoms with Crippen LogP contribution < -0.4 is 0 Å². The minimum Gasteiger partial charge on any atom is -0.293 e. The Morgan fingerprint density at radius 1 is 0.870 bits per heavy atom. The van der Waals surface area contributed by atoms with Crippen molar-refractivity contribution in [3.63, 3.8) is 0 Å². The zero-order valence-corrected chi connectivity index (χ0v) is 12.9. The van der Waals surface area contributed by atoms with Gasteiger partial charge in [0.2, 0.25) is 11.8 Å². The first kappa shape index (κ1) is 14.4. The molecule has 1 heterocycles. The first-order chi connectivity index (χ1) is 11.2. The van der Waals surface area contributed by atoms with Crippen LogP contribution in [0.4, 0.5) is 0 Å². The fraction of sp³-hybridized carbons (Fsp3) is 0.421. The summed E-state index contributed by atoms with van der Waals surface area (Å²) in [6.45, 7) is 0. The van der Waals surface area contributed by atoms with E-state index in [-0.39, 0.29) is 23.6 Å². The molecule has 1 aromatic carbocycles. The van der Waals surface area contributed by atoms with Crippen molar-refractivity contribution >= 4 is 23.2 Å². The van der Waals surface area contributed by atoms with Gasteiger partial charge in [0.15, 0.2) is 5.78 Å². The summed E-state index contributed by atoms with van der Waals surface area (Å²) in [6, 6.07) is 9.28. The van der Waals surface area contributed by atoms with Gasteiger partial charge in [0.25, 0.3) is 0 Å². The van der Waals surface area contributed by atoms with Crippen molar-refractivity contribution < 1.29 is 14.4 Å². The number of carbonyl (C=O) groups excluding carboxylic acids is 3. The Labute approximate surface area is 135 Å². The number of fused-ring (bicyclic) bond motifs is 1. The molecule has 2 atom stereocenters. The van der Waals surface area contributed by atoms with Crippen molar-refractivity contribution in [1.82, 2.24) is 4.90 Å². The molecule has 0 bridgehead atoms. The molecule has 1 aromatic rings. The predicted molar refractivity (Wildman–Crippen MR) is 85.1 cm³/mol. The number of amides is 2. The molecule has 1 saturated carbocycles. The molecule has 0 radical (unpaired) electrons. The number of carbonyl (C=O) groups is 3. The lowest BCUT2D eigenvalue weighted by atomic mass is 9.94. The number of Topliss-reactive ketones (excluding diaryl/α,β-unsaturated/α-hetero) is 1. The van der Waals surface area contributed by atoms with E-state index in [9.17, 15) is 14.4 Å². The monoisotopic (exact) mass is 309 g/mol. The van der Waals surface area contributed by atoms with Gasteiger partial charge in [0.1, 0.15) is 5.92 Å². The topological polar surface area (TPSA) is 54.5 Å². The third-order valence-electron chi connectivity index (χ3n) is 5.30. The highest BCUT2D eigenvalue weighted by molar-refractivity contribution is 6.34. The molecule has 4 rings (SSSR count). The van der Waals surface area contributed by atoms with Crippen LogP contribution >= 0.6 is 0 Å². The van der Waals surface area contributed by atoms with E-state index < -0.39 is 11.8 Å². The second-order valence-electron chi connectivity index (χ2n) is 6.65. The Bertz CT molecular complexity index is 701. The number of nitrogens with zero attached hydrogens (tertiary/aromatic N) is 1. The van der Waals surface area contributed by atoms with Crippen molar-refractivity contribution in [1.29, 1.82) is 0 Å². The lowest BCUT2D eigenvalue weighted by Gasteiger charge is -2.30. The molecule has 2 amide bonds. The average Bonchev–Trinajstić information content (AvgIpc) is 3.05. The molecule has 4 heteroatoms. The van der Waals surface area contributed by atoms with E-state index in [0.717, 1.165) is 37.7 Å². The van der Waals surface area contributed by atoms with E-state index in [4.69, 9.17) is 0 Å². The number of likely N-dealkylation sites (tertiary alicyclic amines) is 1. The van der Waals surface area contributed by atoms with Crippen LogP contribution in [0.25, 0.3) is 5.57 Å². The molecule has 118 valence electrons. The van der Waals surface area contributed by atoms with Crippen molar-refractivity contribution in [2.75, 3.05) is 0 Å². The molecule has 0 unspecified atom stereocenters. The summed E-state index contributed by atoms with van der Waals surface area (Å²) in [7, 11) is 0. The van der Waals surface area contributed by atoms with E-state index in [1.54, 1.807) is 6.08 Å². The quantitative estimate of drug-likeness (QED) is 0.623. The molecule has 1 aliphatic heterocycles. The Balaban J connectivity index is 1.65. The van der Waals surface area contributed by atoms with Gasteiger partial charge in [-0.3, -0.25) is 19.3 Å². The molecular formula is C19H19NO3. The molecule has 1 saturated heterocycles. The molecule has 4 nitrogen and oxygen atoms in total. The number of hydrogen-bond acceptors (Lipinski definition) is 3. The van der Waals surface area contributed by atoms with Crippen LogP contribution in [0.15, 0.2) is 36.4 Å². The van der Waals surface area contributed by atoms with Gasteiger partial charge in [-0.1, -0.05) is 55.7 Å². The molecule has 0 N–H and O–H groups in total. The van der Waals surface area contributed by atoms with Crippen LogP contribution in [0.3, 0.4) is 0 Å². The zero-order valence-electron chi connectivity index (χ0n) is 12.9. The van der Waals surface area contributed by atoms with Gasteiger partial charge in [-0.15, -0.1) is 0 Å². The van der Waals surface area contributed by atoms with Gasteiger partial charge in [0.05, 0.1) is 5.92 Å². The van der Waals surface area contributed by atoms with Crippen LogP contribution in [0.5, 0.6) is 0 Å². The third-order valence-corrected chi connectivity index (χ3v) is 5.30. The fourth-order valence-electron chi connectivity index (χ4n) is 4.14. The fourth-order valence-corrected chi connectivity index (χ4v) is 4.14. The van der Waals surface area contributed by atoms with Crippen LogP contribution in [0.2, 0.25) is 0 Å². The maximum atomic E-state index is 12.7. The number of allylic oxidation sites excluding steroid dienone is 1. The van der Waals surface area contributed by atoms with Crippen molar-refractivity contribution in [2.45, 2.75) is 38.1 Å². The number of imide groups is 1. The molecule has 0 spiro atoms. The second kappa shape index (κ2) is 5.44. The van der Waals surface area contributed by atoms with E-state index in [0.29, 0.717) is 5.57 Å². The molecule has 0 aromatic heterocycles. The van der Waals surface area contributed by atoms with Crippen LogP contribution in [-0.2, 0) is 14.4 Å². The predicted octanol–water partition coefficient (Wildman–Crippen LogP) is 2.59. The van der Waals surface area contributed by atoms with Gasteiger partial charge in [-0.05, 0) is 18.4 Å². The van der Waals surface area contributed by atoms with Gasteiger partial charge >= 0.3 is 0 Å². The summed E-state index contributed by atoms with van der Waals surface area (Å²) in [5.41, 5.74) is 1.31. The molecule has 23 heavy (non-hydrogen) atoms. The second-order valence-corrected chi connectivity index (χ2v) is 6.65. The zero-order chi connectivity index (χ0) is 16.0. The summed E-state index contributed by atoms with van der Waals surface area (Å²) in [5, 5.41) is 0. The third kappa shape index (κ3) is 2.16. The average molecular weight is 309 g/mol. The molecular weight excluding hydrogens is 290 g/mol. The Morgan fingerprint density at radius 3 is 2.22 bits per heavy atom. The first-order valence-electron chi connectivity index (χ1n) is 8.37. The van der Waals surface area contributed by atoms with E-state index in [2.05, 4.69) is 0 Å². The number of benzene rings is 1. The van der Waals surface area contributed by atoms with Crippen LogP contribution in [0.1, 0.15) is 37.7 Å². The largest absolute Gasteiger partial charge is 0.293 e. The Kier molecular flexibility index (Phi) is 3.40. The minimum absolute atomic E-state index is 0.00396. The van der Waals surface area contributed by atoms with Crippen molar-refractivity contribution in [3.05, 3.63) is 42.0 Å². The Hall–Kier alpha value is -2.23. The van der Waals surface area contributed by atoms with E-state index in [1.165, 1.54) is 4.90 Å². The summed E-state index contributed by atoms with van der Waals surface area (Å²) >= 11 is 0. The highest BCUT2D eigenvalue weighted by Crippen LogP contribution is 2.42. The van der Waals surface area contributed by atoms with Crippen molar-refractivity contribution in [3.8, 4) is 0 Å². The smallest absolute Gasteiger partial charge is 0.241 e. The number of hydrogen-bond donors (Lipinski definition) is 0. The summed E-state index contributed by atoms with van der Waals surface area (Å²) in [6.07, 6.45) is 6.73. The SMILES string of the molecule is O=C1C(c2ccccc2)=C[C@H]2C(=O)N(C3CCCCC3)C(=O)[C@@H]12.